The summed E-state index contributed by atoms with van der Waals surface area (Å²) in [6, 6.07) is 6.64. The van der Waals surface area contributed by atoms with E-state index in [0.717, 1.165) is 74.8 Å². The van der Waals surface area contributed by atoms with Crippen LogP contribution in [0.2, 0.25) is 36.3 Å². The SMILES string of the molecule is CC(C)(C)O.CC(C)(C)O.CCC[Si](O)(CCC)CCC.CCC[Si](O)(CCC)CCC.[Ti]. The van der Waals surface area contributed by atoms with Gasteiger partial charge >= 0.3 is 0 Å². The first kappa shape index (κ1) is 44.0. The first-order valence-electron chi connectivity index (χ1n) is 13.3. The predicted molar refractivity (Wildman–Crippen MR) is 150 cm³/mol. The number of hydrogen-bond donors (Lipinski definition) is 4. The first-order chi connectivity index (χ1) is 14.4. The van der Waals surface area contributed by atoms with Crippen LogP contribution in [0.4, 0.5) is 0 Å². The summed E-state index contributed by atoms with van der Waals surface area (Å²) in [6.45, 7) is 23.5. The monoisotopic (exact) mass is 544 g/mol. The van der Waals surface area contributed by atoms with Gasteiger partial charge in [-0.15, -0.1) is 0 Å². The molecule has 0 atom stereocenters. The molecule has 0 saturated carbocycles. The zero-order chi connectivity index (χ0) is 26.5. The Morgan fingerprint density at radius 1 is 0.424 bits per heavy atom. The molecule has 0 saturated heterocycles. The minimum absolute atomic E-state index is 0. The average Bonchev–Trinajstić information content (AvgIpc) is 2.53. The summed E-state index contributed by atoms with van der Waals surface area (Å²) < 4.78 is 0. The molecule has 4 nitrogen and oxygen atoms in total. The largest absolute Gasteiger partial charge is 0.432 e. The number of aliphatic hydroxyl groups is 2. The van der Waals surface area contributed by atoms with Crippen LogP contribution in [0.25, 0.3) is 0 Å². The molecule has 0 aromatic heterocycles. The zero-order valence-electron chi connectivity index (χ0n) is 24.8. The van der Waals surface area contributed by atoms with E-state index in [4.69, 9.17) is 10.2 Å². The van der Waals surface area contributed by atoms with E-state index in [1.807, 2.05) is 0 Å². The molecule has 33 heavy (non-hydrogen) atoms. The van der Waals surface area contributed by atoms with Crippen LogP contribution in [0.3, 0.4) is 0 Å². The van der Waals surface area contributed by atoms with Gasteiger partial charge in [0.25, 0.3) is 0 Å². The second-order valence-corrected chi connectivity index (χ2v) is 19.2. The Morgan fingerprint density at radius 2 is 0.515 bits per heavy atom. The molecule has 0 rings (SSSR count). The van der Waals surface area contributed by atoms with Crippen molar-refractivity contribution in [3.63, 3.8) is 0 Å². The summed E-state index contributed by atoms with van der Waals surface area (Å²) in [5.74, 6) is 0. The second-order valence-electron chi connectivity index (χ2n) is 11.3. The van der Waals surface area contributed by atoms with Gasteiger partial charge in [0.15, 0.2) is 16.6 Å². The van der Waals surface area contributed by atoms with Crippen LogP contribution in [0, 0.1) is 0 Å². The van der Waals surface area contributed by atoms with Crippen LogP contribution in [-0.4, -0.2) is 47.6 Å². The van der Waals surface area contributed by atoms with E-state index in [2.05, 4.69) is 41.5 Å². The van der Waals surface area contributed by atoms with Crippen LogP contribution in [0.5, 0.6) is 0 Å². The van der Waals surface area contributed by atoms with Crippen LogP contribution >= 0.6 is 0 Å². The molecule has 0 fully saturated rings. The molecule has 204 valence electrons. The maximum absolute atomic E-state index is 10.2. The van der Waals surface area contributed by atoms with Gasteiger partial charge in [0, 0.05) is 21.7 Å². The van der Waals surface area contributed by atoms with Crippen LogP contribution < -0.4 is 0 Å². The Kier molecular flexibility index (Phi) is 32.9. The summed E-state index contributed by atoms with van der Waals surface area (Å²) >= 11 is 0. The van der Waals surface area contributed by atoms with Crippen LogP contribution in [0.15, 0.2) is 0 Å². The standard InChI is InChI=1S/2C9H22OSi.2C4H10O.Ti/c2*1-4-7-11(10,8-5-2)9-6-3;2*1-4(2,3)5;/h2*10H,4-9H2,1-3H3;2*5H,1-3H3;. The van der Waals surface area contributed by atoms with Crippen molar-refractivity contribution in [3.05, 3.63) is 0 Å². The molecule has 0 spiro atoms. The van der Waals surface area contributed by atoms with Gasteiger partial charge in [-0.2, -0.15) is 0 Å². The number of rotatable bonds is 12. The molecular formula is C26H64O4Si2Ti. The van der Waals surface area contributed by atoms with E-state index in [0.29, 0.717) is 0 Å². The van der Waals surface area contributed by atoms with Crippen molar-refractivity contribution in [2.45, 2.75) is 169 Å². The van der Waals surface area contributed by atoms with Gasteiger partial charge in [-0.25, -0.2) is 0 Å². The molecule has 4 N–H and O–H groups in total. The summed E-state index contributed by atoms with van der Waals surface area (Å²) in [5.41, 5.74) is -1.00. The first-order valence-corrected chi connectivity index (χ1v) is 18.4. The molecular weight excluding hydrogens is 480 g/mol. The Morgan fingerprint density at radius 3 is 0.576 bits per heavy atom. The maximum atomic E-state index is 10.2. The third-order valence-electron chi connectivity index (χ3n) is 4.29. The summed E-state index contributed by atoms with van der Waals surface area (Å²) in [5, 5.41) is 17.0. The van der Waals surface area contributed by atoms with Gasteiger partial charge < -0.3 is 19.8 Å². The van der Waals surface area contributed by atoms with E-state index >= 15 is 0 Å². The maximum Gasteiger partial charge on any atom is 0.188 e. The fourth-order valence-corrected chi connectivity index (χ4v) is 10.6. The van der Waals surface area contributed by atoms with Crippen molar-refractivity contribution in [2.75, 3.05) is 0 Å². The fraction of sp³-hybridized carbons (Fsp3) is 1.00. The van der Waals surface area contributed by atoms with Crippen molar-refractivity contribution >= 4 is 16.6 Å². The van der Waals surface area contributed by atoms with Crippen LogP contribution in [-0.2, 0) is 21.7 Å². The molecule has 0 aromatic rings. The molecule has 0 aliphatic carbocycles. The Bertz CT molecular complexity index is 301. The van der Waals surface area contributed by atoms with Gasteiger partial charge in [0.05, 0.1) is 11.2 Å². The quantitative estimate of drug-likeness (QED) is 0.189. The third-order valence-corrected chi connectivity index (χ3v) is 12.9. The molecule has 0 bridgehead atoms. The van der Waals surface area contributed by atoms with E-state index in [1.165, 1.54) is 0 Å². The predicted octanol–water partition coefficient (Wildman–Crippen LogP) is 7.86. The minimum atomic E-state index is -1.75. The normalized spacial score (nSPS) is 11.6. The topological polar surface area (TPSA) is 80.9 Å². The Balaban J connectivity index is -0.000000112. The fourth-order valence-electron chi connectivity index (χ4n) is 3.54. The average molecular weight is 545 g/mol. The molecule has 0 unspecified atom stereocenters. The second kappa shape index (κ2) is 24.7. The minimum Gasteiger partial charge on any atom is -0.432 e. The Hall–Kier alpha value is 0.988. The zero-order valence-corrected chi connectivity index (χ0v) is 28.3. The van der Waals surface area contributed by atoms with Gasteiger partial charge in [0.1, 0.15) is 0 Å². The van der Waals surface area contributed by atoms with Gasteiger partial charge in [-0.1, -0.05) is 80.1 Å². The summed E-state index contributed by atoms with van der Waals surface area (Å²) in [7, 11) is -3.50. The van der Waals surface area contributed by atoms with Gasteiger partial charge in [-0.3, -0.25) is 0 Å². The molecule has 0 radical (unpaired) electrons. The van der Waals surface area contributed by atoms with E-state index in [9.17, 15) is 9.59 Å². The molecule has 0 amide bonds. The van der Waals surface area contributed by atoms with Crippen molar-refractivity contribution in [1.82, 2.24) is 0 Å². The Labute approximate surface area is 226 Å². The van der Waals surface area contributed by atoms with Crippen molar-refractivity contribution < 1.29 is 41.5 Å². The summed E-state index contributed by atoms with van der Waals surface area (Å²) in [6.07, 6.45) is 6.93. The smallest absolute Gasteiger partial charge is 0.188 e. The number of hydrogen-bond acceptors (Lipinski definition) is 4. The third kappa shape index (κ3) is 50.7. The van der Waals surface area contributed by atoms with Gasteiger partial charge in [0.2, 0.25) is 0 Å². The molecule has 0 aliphatic heterocycles. The van der Waals surface area contributed by atoms with Crippen molar-refractivity contribution in [1.29, 1.82) is 0 Å². The molecule has 7 heteroatoms. The van der Waals surface area contributed by atoms with E-state index in [1.54, 1.807) is 41.5 Å². The van der Waals surface area contributed by atoms with Gasteiger partial charge in [-0.05, 0) is 77.8 Å². The molecule has 0 aromatic carbocycles. The molecule has 0 heterocycles. The van der Waals surface area contributed by atoms with Crippen molar-refractivity contribution in [3.8, 4) is 0 Å². The molecule has 0 aliphatic rings. The van der Waals surface area contributed by atoms with E-state index < -0.39 is 27.8 Å². The summed E-state index contributed by atoms with van der Waals surface area (Å²) in [4.78, 5) is 20.3. The van der Waals surface area contributed by atoms with Crippen LogP contribution in [0.1, 0.15) is 122 Å². The van der Waals surface area contributed by atoms with E-state index in [-0.39, 0.29) is 21.7 Å². The van der Waals surface area contributed by atoms with Crippen molar-refractivity contribution in [2.24, 2.45) is 0 Å².